The Labute approximate surface area is 134 Å². The van der Waals surface area contributed by atoms with Crippen LogP contribution in [0, 0.1) is 11.3 Å². The molecule has 2 aromatic heterocycles. The van der Waals surface area contributed by atoms with Gasteiger partial charge in [-0.05, 0) is 26.2 Å². The largest absolute Gasteiger partial charge is 0.365 e. The van der Waals surface area contributed by atoms with Crippen LogP contribution in [0.15, 0.2) is 18.3 Å². The third-order valence-electron chi connectivity index (χ3n) is 3.66. The summed E-state index contributed by atoms with van der Waals surface area (Å²) in [6, 6.07) is 2.14. The predicted molar refractivity (Wildman–Crippen MR) is 85.3 cm³/mol. The molecule has 7 heteroatoms. The fraction of sp³-hybridized carbons (Fsp3) is 0.400. The lowest BCUT2D eigenvalue weighted by molar-refractivity contribution is 0.484. The molecule has 0 aliphatic carbocycles. The number of hydrogen-bond acceptors (Lipinski definition) is 4. The summed E-state index contributed by atoms with van der Waals surface area (Å²) in [4.78, 5) is 0. The second-order valence-corrected chi connectivity index (χ2v) is 5.88. The van der Waals surface area contributed by atoms with Crippen molar-refractivity contribution in [2.45, 2.75) is 32.7 Å². The van der Waals surface area contributed by atoms with Crippen LogP contribution >= 0.6 is 11.6 Å². The van der Waals surface area contributed by atoms with Crippen LogP contribution in [0.4, 0.5) is 5.82 Å². The molecule has 0 spiro atoms. The molecule has 2 aromatic rings. The summed E-state index contributed by atoms with van der Waals surface area (Å²) < 4.78 is 3.55. The summed E-state index contributed by atoms with van der Waals surface area (Å²) in [5.74, 6) is 1.17. The van der Waals surface area contributed by atoms with Crippen LogP contribution in [0.2, 0.25) is 5.02 Å². The Morgan fingerprint density at radius 3 is 3.05 bits per heavy atom. The van der Waals surface area contributed by atoms with Crippen molar-refractivity contribution < 1.29 is 0 Å². The van der Waals surface area contributed by atoms with Crippen LogP contribution in [0.1, 0.15) is 31.0 Å². The van der Waals surface area contributed by atoms with E-state index in [1.165, 1.54) is 6.20 Å². The molecule has 1 aliphatic heterocycles. The van der Waals surface area contributed by atoms with Gasteiger partial charge >= 0.3 is 0 Å². The number of fused-ring (bicyclic) bond motifs is 1. The van der Waals surface area contributed by atoms with Crippen molar-refractivity contribution in [3.63, 3.8) is 0 Å². The van der Waals surface area contributed by atoms with E-state index in [0.717, 1.165) is 37.1 Å². The first-order chi connectivity index (χ1) is 10.6. The Hall–Kier alpha value is -2.26. The van der Waals surface area contributed by atoms with E-state index >= 15 is 0 Å². The Morgan fingerprint density at radius 2 is 2.36 bits per heavy atom. The summed E-state index contributed by atoms with van der Waals surface area (Å²) in [6.45, 7) is 7.21. The van der Waals surface area contributed by atoms with Crippen LogP contribution in [0.5, 0.6) is 0 Å². The van der Waals surface area contributed by atoms with E-state index in [1.54, 1.807) is 4.68 Å². The normalized spacial score (nSPS) is 13.5. The van der Waals surface area contributed by atoms with Gasteiger partial charge in [0.05, 0.1) is 11.9 Å². The van der Waals surface area contributed by atoms with Gasteiger partial charge in [-0.1, -0.05) is 23.8 Å². The first kappa shape index (κ1) is 14.7. The second kappa shape index (κ2) is 5.85. The molecule has 0 saturated heterocycles. The van der Waals surface area contributed by atoms with Crippen molar-refractivity contribution >= 4 is 17.4 Å². The van der Waals surface area contributed by atoms with Crippen molar-refractivity contribution in [3.8, 4) is 11.9 Å². The predicted octanol–water partition coefficient (Wildman–Crippen LogP) is 2.92. The lowest BCUT2D eigenvalue weighted by Crippen LogP contribution is -2.12. The van der Waals surface area contributed by atoms with Crippen LogP contribution in [-0.2, 0) is 13.0 Å². The van der Waals surface area contributed by atoms with Crippen molar-refractivity contribution in [2.75, 3.05) is 11.9 Å². The van der Waals surface area contributed by atoms with Gasteiger partial charge in [0, 0.05) is 13.1 Å². The maximum Gasteiger partial charge on any atom is 0.196 e. The van der Waals surface area contributed by atoms with Gasteiger partial charge in [0.1, 0.15) is 22.5 Å². The minimum Gasteiger partial charge on any atom is -0.365 e. The monoisotopic (exact) mass is 316 g/mol. The number of nitrogens with zero attached hydrogens (tertiary/aromatic N) is 5. The number of aryl methyl sites for hydroxylation is 1. The standard InChI is InChI=1S/C15H17ClN6/c1-10(2)8-18-14-11(7-17)9-19-22(14)15-13(16)12-5-3-4-6-21(12)20-15/h9,18H,1,3-6,8H2,2H3. The van der Waals surface area contributed by atoms with Crippen molar-refractivity contribution in [1.29, 1.82) is 5.26 Å². The third-order valence-corrected chi connectivity index (χ3v) is 4.05. The molecule has 0 radical (unpaired) electrons. The molecule has 3 heterocycles. The molecule has 0 bridgehead atoms. The summed E-state index contributed by atoms with van der Waals surface area (Å²) in [7, 11) is 0. The highest BCUT2D eigenvalue weighted by molar-refractivity contribution is 6.32. The van der Waals surface area contributed by atoms with Crippen LogP contribution in [0.3, 0.4) is 0 Å². The summed E-state index contributed by atoms with van der Waals surface area (Å²) in [6.07, 6.45) is 4.67. The van der Waals surface area contributed by atoms with E-state index < -0.39 is 0 Å². The van der Waals surface area contributed by atoms with Gasteiger partial charge in [-0.2, -0.15) is 20.1 Å². The fourth-order valence-corrected chi connectivity index (χ4v) is 2.88. The minimum atomic E-state index is 0.461. The zero-order chi connectivity index (χ0) is 15.7. The van der Waals surface area contributed by atoms with E-state index in [1.807, 2.05) is 11.6 Å². The molecule has 0 unspecified atom stereocenters. The number of nitriles is 1. The highest BCUT2D eigenvalue weighted by Crippen LogP contribution is 2.30. The first-order valence-electron chi connectivity index (χ1n) is 7.23. The average molecular weight is 317 g/mol. The SMILES string of the molecule is C=C(C)CNc1c(C#N)cnn1-c1nn2c(c1Cl)CCCC2. The third kappa shape index (κ3) is 2.48. The van der Waals surface area contributed by atoms with Crippen molar-refractivity contribution in [3.05, 3.63) is 34.6 Å². The molecule has 1 N–H and O–H groups in total. The number of aromatic nitrogens is 4. The van der Waals surface area contributed by atoms with Gasteiger partial charge in [0.25, 0.3) is 0 Å². The van der Waals surface area contributed by atoms with E-state index in [0.29, 0.717) is 28.8 Å². The van der Waals surface area contributed by atoms with Crippen LogP contribution in [-0.4, -0.2) is 26.1 Å². The fourth-order valence-electron chi connectivity index (χ4n) is 2.57. The lowest BCUT2D eigenvalue weighted by Gasteiger charge is -2.12. The quantitative estimate of drug-likeness (QED) is 0.880. The van der Waals surface area contributed by atoms with Gasteiger partial charge in [-0.15, -0.1) is 0 Å². The molecule has 114 valence electrons. The number of anilines is 1. The minimum absolute atomic E-state index is 0.461. The van der Waals surface area contributed by atoms with E-state index in [-0.39, 0.29) is 0 Å². The molecule has 0 atom stereocenters. The zero-order valence-electron chi connectivity index (χ0n) is 12.4. The second-order valence-electron chi connectivity index (χ2n) is 5.51. The molecule has 0 amide bonds. The number of hydrogen-bond donors (Lipinski definition) is 1. The van der Waals surface area contributed by atoms with E-state index in [2.05, 4.69) is 28.2 Å². The maximum absolute atomic E-state index is 9.25. The molecule has 0 saturated carbocycles. The molecule has 0 fully saturated rings. The molecule has 1 aliphatic rings. The molecule has 3 rings (SSSR count). The Bertz CT molecular complexity index is 764. The maximum atomic E-state index is 9.25. The van der Waals surface area contributed by atoms with E-state index in [9.17, 15) is 5.26 Å². The van der Waals surface area contributed by atoms with E-state index in [4.69, 9.17) is 11.6 Å². The Kier molecular flexibility index (Phi) is 3.90. The average Bonchev–Trinajstić information content (AvgIpc) is 3.06. The topological polar surface area (TPSA) is 71.5 Å². The van der Waals surface area contributed by atoms with Gasteiger partial charge < -0.3 is 5.32 Å². The smallest absolute Gasteiger partial charge is 0.196 e. The Morgan fingerprint density at radius 1 is 1.55 bits per heavy atom. The highest BCUT2D eigenvalue weighted by Gasteiger charge is 2.23. The highest BCUT2D eigenvalue weighted by atomic mass is 35.5. The summed E-state index contributed by atoms with van der Waals surface area (Å²) >= 11 is 6.49. The molecule has 6 nitrogen and oxygen atoms in total. The Balaban J connectivity index is 2.05. The molecule has 0 aromatic carbocycles. The molecule has 22 heavy (non-hydrogen) atoms. The molecular formula is C15H17ClN6. The summed E-state index contributed by atoms with van der Waals surface area (Å²) in [5, 5.41) is 21.9. The molecular weight excluding hydrogens is 300 g/mol. The van der Waals surface area contributed by atoms with Gasteiger partial charge in [-0.25, -0.2) is 0 Å². The number of rotatable bonds is 4. The number of halogens is 1. The summed E-state index contributed by atoms with van der Waals surface area (Å²) in [5.41, 5.74) is 2.47. The zero-order valence-corrected chi connectivity index (χ0v) is 13.2. The van der Waals surface area contributed by atoms with Gasteiger partial charge in [0.2, 0.25) is 0 Å². The van der Waals surface area contributed by atoms with Crippen LogP contribution in [0.25, 0.3) is 5.82 Å². The van der Waals surface area contributed by atoms with Gasteiger partial charge in [0.15, 0.2) is 5.82 Å². The van der Waals surface area contributed by atoms with Gasteiger partial charge in [-0.3, -0.25) is 4.68 Å². The van der Waals surface area contributed by atoms with Crippen molar-refractivity contribution in [1.82, 2.24) is 19.6 Å². The lowest BCUT2D eigenvalue weighted by atomic mass is 10.1. The van der Waals surface area contributed by atoms with Crippen LogP contribution < -0.4 is 5.32 Å². The number of nitrogens with one attached hydrogen (secondary N) is 1. The van der Waals surface area contributed by atoms with Crippen molar-refractivity contribution in [2.24, 2.45) is 0 Å². The first-order valence-corrected chi connectivity index (χ1v) is 7.61.